The molecule has 0 saturated heterocycles. The Bertz CT molecular complexity index is 373. The zero-order valence-corrected chi connectivity index (χ0v) is 6.64. The lowest BCUT2D eigenvalue weighted by Crippen LogP contribution is -1.81. The lowest BCUT2D eigenvalue weighted by Gasteiger charge is -1.83. The van der Waals surface area contributed by atoms with E-state index in [1.165, 1.54) is 6.08 Å². The summed E-state index contributed by atoms with van der Waals surface area (Å²) in [6.07, 6.45) is 2.20. The van der Waals surface area contributed by atoms with E-state index in [9.17, 15) is 10.1 Å². The van der Waals surface area contributed by atoms with Gasteiger partial charge in [0.25, 0.3) is 0 Å². The van der Waals surface area contributed by atoms with Crippen LogP contribution in [0.4, 0.5) is 0 Å². The van der Waals surface area contributed by atoms with E-state index >= 15 is 0 Å². The van der Waals surface area contributed by atoms with Crippen molar-refractivity contribution in [1.82, 2.24) is 0 Å². The molecule has 0 bridgehead atoms. The minimum absolute atomic E-state index is 0.173. The number of nitrogens with zero attached hydrogens (tertiary/aromatic N) is 2. The van der Waals surface area contributed by atoms with Crippen LogP contribution >= 0.6 is 0 Å². The SMILES string of the molecule is N#CCc1ccc(/C=C/[N+](=O)[O-])o1. The van der Waals surface area contributed by atoms with Crippen LogP contribution in [-0.2, 0) is 6.42 Å². The molecule has 0 amide bonds. The van der Waals surface area contributed by atoms with Gasteiger partial charge in [-0.25, -0.2) is 0 Å². The molecule has 0 aliphatic rings. The van der Waals surface area contributed by atoms with Crippen LogP contribution < -0.4 is 0 Å². The Morgan fingerprint density at radius 1 is 1.69 bits per heavy atom. The largest absolute Gasteiger partial charge is 0.460 e. The molecule has 0 fully saturated rings. The number of rotatable bonds is 3. The molecule has 66 valence electrons. The average Bonchev–Trinajstić information content (AvgIpc) is 2.50. The zero-order chi connectivity index (χ0) is 9.68. The molecule has 0 aliphatic carbocycles. The second kappa shape index (κ2) is 4.07. The summed E-state index contributed by atoms with van der Waals surface area (Å²) in [6.45, 7) is 0. The summed E-state index contributed by atoms with van der Waals surface area (Å²) >= 11 is 0. The van der Waals surface area contributed by atoms with E-state index in [2.05, 4.69) is 0 Å². The molecule has 0 unspecified atom stereocenters. The van der Waals surface area contributed by atoms with Gasteiger partial charge < -0.3 is 4.42 Å². The molecule has 0 spiro atoms. The van der Waals surface area contributed by atoms with Crippen molar-refractivity contribution in [2.75, 3.05) is 0 Å². The third-order valence-corrected chi connectivity index (χ3v) is 1.30. The van der Waals surface area contributed by atoms with Crippen molar-refractivity contribution in [1.29, 1.82) is 5.26 Å². The number of hydrogen-bond acceptors (Lipinski definition) is 4. The summed E-state index contributed by atoms with van der Waals surface area (Å²) in [5, 5.41) is 18.2. The lowest BCUT2D eigenvalue weighted by atomic mass is 10.3. The van der Waals surface area contributed by atoms with Gasteiger partial charge in [0.1, 0.15) is 11.5 Å². The maximum Gasteiger partial charge on any atom is 0.238 e. The van der Waals surface area contributed by atoms with E-state index < -0.39 is 4.92 Å². The summed E-state index contributed by atoms with van der Waals surface area (Å²) in [6, 6.07) is 5.10. The van der Waals surface area contributed by atoms with Gasteiger partial charge in [0.2, 0.25) is 6.20 Å². The van der Waals surface area contributed by atoms with Crippen LogP contribution in [-0.4, -0.2) is 4.92 Å². The third-order valence-electron chi connectivity index (χ3n) is 1.30. The van der Waals surface area contributed by atoms with Crippen molar-refractivity contribution in [2.24, 2.45) is 0 Å². The molecule has 0 N–H and O–H groups in total. The van der Waals surface area contributed by atoms with E-state index in [4.69, 9.17) is 9.68 Å². The van der Waals surface area contributed by atoms with E-state index in [-0.39, 0.29) is 6.42 Å². The van der Waals surface area contributed by atoms with Gasteiger partial charge in [0.15, 0.2) is 0 Å². The van der Waals surface area contributed by atoms with Crippen LogP contribution in [0.15, 0.2) is 22.7 Å². The molecule has 1 heterocycles. The van der Waals surface area contributed by atoms with Crippen LogP contribution in [0.25, 0.3) is 6.08 Å². The smallest absolute Gasteiger partial charge is 0.238 e. The first-order valence-electron chi connectivity index (χ1n) is 3.50. The summed E-state index contributed by atoms with van der Waals surface area (Å²) < 4.78 is 5.06. The maximum absolute atomic E-state index is 9.93. The lowest BCUT2D eigenvalue weighted by molar-refractivity contribution is -0.401. The van der Waals surface area contributed by atoms with Gasteiger partial charge in [-0.3, -0.25) is 10.1 Å². The Balaban J connectivity index is 2.70. The average molecular weight is 178 g/mol. The standard InChI is InChI=1S/C8H6N2O3/c9-5-3-7-1-2-8(13-7)4-6-10(11)12/h1-2,4,6H,3H2/b6-4+. The van der Waals surface area contributed by atoms with E-state index in [0.717, 1.165) is 6.20 Å². The monoisotopic (exact) mass is 178 g/mol. The number of hydrogen-bond donors (Lipinski definition) is 0. The Kier molecular flexibility index (Phi) is 2.82. The van der Waals surface area contributed by atoms with Crippen molar-refractivity contribution in [3.8, 4) is 6.07 Å². The first-order chi connectivity index (χ1) is 6.22. The number of furan rings is 1. The van der Waals surface area contributed by atoms with Crippen LogP contribution in [0.3, 0.4) is 0 Å². The predicted octanol–water partition coefficient (Wildman–Crippen LogP) is 1.59. The zero-order valence-electron chi connectivity index (χ0n) is 6.64. The van der Waals surface area contributed by atoms with Crippen molar-refractivity contribution < 1.29 is 9.34 Å². The Labute approximate surface area is 74.0 Å². The minimum atomic E-state index is -0.577. The first kappa shape index (κ1) is 9.00. The van der Waals surface area contributed by atoms with Gasteiger partial charge in [-0.05, 0) is 12.1 Å². The predicted molar refractivity (Wildman–Crippen MR) is 44.1 cm³/mol. The van der Waals surface area contributed by atoms with Crippen molar-refractivity contribution in [3.63, 3.8) is 0 Å². The van der Waals surface area contributed by atoms with Gasteiger partial charge in [0, 0.05) is 0 Å². The minimum Gasteiger partial charge on any atom is -0.460 e. The quantitative estimate of drug-likeness (QED) is 0.520. The highest BCUT2D eigenvalue weighted by Crippen LogP contribution is 2.09. The van der Waals surface area contributed by atoms with E-state index in [1.807, 2.05) is 6.07 Å². The number of nitro groups is 1. The van der Waals surface area contributed by atoms with Crippen molar-refractivity contribution in [3.05, 3.63) is 40.0 Å². The van der Waals surface area contributed by atoms with Gasteiger partial charge in [-0.2, -0.15) is 5.26 Å². The Hall–Kier alpha value is -2.09. The topological polar surface area (TPSA) is 80.1 Å². The normalized spacial score (nSPS) is 10.1. The van der Waals surface area contributed by atoms with Gasteiger partial charge in [-0.1, -0.05) is 0 Å². The van der Waals surface area contributed by atoms with Gasteiger partial charge in [-0.15, -0.1) is 0 Å². The highest BCUT2D eigenvalue weighted by molar-refractivity contribution is 5.41. The molecule has 1 rings (SSSR count). The first-order valence-corrected chi connectivity index (χ1v) is 3.50. The summed E-state index contributed by atoms with van der Waals surface area (Å²) in [5.41, 5.74) is 0. The molecule has 1 aromatic rings. The third kappa shape index (κ3) is 2.79. The van der Waals surface area contributed by atoms with E-state index in [0.29, 0.717) is 11.5 Å². The molecule has 13 heavy (non-hydrogen) atoms. The second-order valence-corrected chi connectivity index (χ2v) is 2.24. The van der Waals surface area contributed by atoms with Crippen LogP contribution in [0.2, 0.25) is 0 Å². The summed E-state index contributed by atoms with van der Waals surface area (Å²) in [7, 11) is 0. The molecule has 0 aromatic carbocycles. The van der Waals surface area contributed by atoms with Gasteiger partial charge >= 0.3 is 0 Å². The van der Waals surface area contributed by atoms with Crippen molar-refractivity contribution >= 4 is 6.08 Å². The summed E-state index contributed by atoms with van der Waals surface area (Å²) in [4.78, 5) is 9.35. The molecule has 0 radical (unpaired) electrons. The molecule has 1 aromatic heterocycles. The van der Waals surface area contributed by atoms with E-state index in [1.54, 1.807) is 12.1 Å². The molecule has 0 aliphatic heterocycles. The molecular formula is C8H6N2O3. The molecule has 5 nitrogen and oxygen atoms in total. The fourth-order valence-corrected chi connectivity index (χ4v) is 0.791. The highest BCUT2D eigenvalue weighted by Gasteiger charge is 1.98. The fourth-order valence-electron chi connectivity index (χ4n) is 0.791. The molecular weight excluding hydrogens is 172 g/mol. The van der Waals surface area contributed by atoms with Gasteiger partial charge in [0.05, 0.1) is 23.5 Å². The second-order valence-electron chi connectivity index (χ2n) is 2.24. The van der Waals surface area contributed by atoms with Crippen LogP contribution in [0, 0.1) is 21.4 Å². The highest BCUT2D eigenvalue weighted by atomic mass is 16.6. The van der Waals surface area contributed by atoms with Crippen molar-refractivity contribution in [2.45, 2.75) is 6.42 Å². The van der Waals surface area contributed by atoms with Crippen LogP contribution in [0.1, 0.15) is 11.5 Å². The molecule has 5 heteroatoms. The molecule has 0 atom stereocenters. The summed E-state index contributed by atoms with van der Waals surface area (Å²) in [5.74, 6) is 0.882. The molecule has 0 saturated carbocycles. The number of nitriles is 1. The Morgan fingerprint density at radius 2 is 2.46 bits per heavy atom. The maximum atomic E-state index is 9.93. The fraction of sp³-hybridized carbons (Fsp3) is 0.125. The Morgan fingerprint density at radius 3 is 3.08 bits per heavy atom. The van der Waals surface area contributed by atoms with Crippen LogP contribution in [0.5, 0.6) is 0 Å².